The van der Waals surface area contributed by atoms with Crippen LogP contribution in [0.15, 0.2) is 84.2 Å². The highest BCUT2D eigenvalue weighted by Gasteiger charge is 2.22. The zero-order valence-electron chi connectivity index (χ0n) is 17.5. The van der Waals surface area contributed by atoms with E-state index >= 15 is 0 Å². The second-order valence-corrected chi connectivity index (χ2v) is 7.37. The van der Waals surface area contributed by atoms with E-state index in [2.05, 4.69) is 37.0 Å². The number of amides is 1. The van der Waals surface area contributed by atoms with Crippen LogP contribution in [0, 0.1) is 12.7 Å². The Hall–Kier alpha value is -3.40. The molecule has 2 aromatic rings. The van der Waals surface area contributed by atoms with Gasteiger partial charge in [-0.25, -0.2) is 4.39 Å². The van der Waals surface area contributed by atoms with Crippen molar-refractivity contribution in [1.29, 1.82) is 0 Å². The first-order chi connectivity index (χ1) is 14.4. The van der Waals surface area contributed by atoms with Crippen molar-refractivity contribution in [3.8, 4) is 0 Å². The topological polar surface area (TPSA) is 55.1 Å². The first-order valence-corrected chi connectivity index (χ1v) is 10.1. The number of aryl methyl sites for hydroxylation is 3. The van der Waals surface area contributed by atoms with Crippen molar-refractivity contribution in [3.05, 3.63) is 112 Å². The second kappa shape index (κ2) is 9.40. The summed E-state index contributed by atoms with van der Waals surface area (Å²) in [5.41, 5.74) is 12.3. The van der Waals surface area contributed by atoms with Crippen molar-refractivity contribution >= 4 is 11.5 Å². The quantitative estimate of drug-likeness (QED) is 0.631. The van der Waals surface area contributed by atoms with E-state index in [0.717, 1.165) is 34.3 Å². The summed E-state index contributed by atoms with van der Waals surface area (Å²) in [5.74, 6) is -0.788. The molecule has 4 heteroatoms. The van der Waals surface area contributed by atoms with E-state index in [1.165, 1.54) is 6.07 Å². The van der Waals surface area contributed by atoms with E-state index in [1.807, 2.05) is 19.1 Å². The Labute approximate surface area is 177 Å². The lowest BCUT2D eigenvalue weighted by molar-refractivity contribution is -0.114. The van der Waals surface area contributed by atoms with Crippen LogP contribution in [0.1, 0.15) is 35.6 Å². The molecule has 0 bridgehead atoms. The maximum absolute atomic E-state index is 14.2. The van der Waals surface area contributed by atoms with Crippen LogP contribution in [0.3, 0.4) is 0 Å². The fourth-order valence-electron chi connectivity index (χ4n) is 3.67. The molecule has 0 saturated carbocycles. The van der Waals surface area contributed by atoms with Crippen molar-refractivity contribution in [2.45, 2.75) is 33.1 Å². The highest BCUT2D eigenvalue weighted by Crippen LogP contribution is 2.35. The van der Waals surface area contributed by atoms with Crippen LogP contribution >= 0.6 is 0 Å². The summed E-state index contributed by atoms with van der Waals surface area (Å²) < 4.78 is 14.2. The number of carbonyl (C=O) groups is 1. The smallest absolute Gasteiger partial charge is 0.245 e. The molecule has 0 atom stereocenters. The number of dihydropyridines is 1. The Kier molecular flexibility index (Phi) is 6.68. The molecule has 0 aromatic heterocycles. The Morgan fingerprint density at radius 2 is 1.97 bits per heavy atom. The maximum atomic E-state index is 14.2. The summed E-state index contributed by atoms with van der Waals surface area (Å²) in [6.45, 7) is 8.22. The van der Waals surface area contributed by atoms with Gasteiger partial charge in [-0.2, -0.15) is 0 Å². The number of nitrogens with one attached hydrogen (secondary N) is 1. The molecular formula is C26H27FN2O. The number of halogens is 1. The number of carbonyl (C=O) groups excluding carboxylic acids is 1. The highest BCUT2D eigenvalue weighted by atomic mass is 19.1. The molecule has 2 aromatic carbocycles. The molecule has 3 N–H and O–H groups in total. The van der Waals surface area contributed by atoms with Gasteiger partial charge in [0.2, 0.25) is 5.91 Å². The Morgan fingerprint density at radius 3 is 2.63 bits per heavy atom. The Morgan fingerprint density at radius 1 is 1.20 bits per heavy atom. The zero-order valence-corrected chi connectivity index (χ0v) is 17.5. The lowest BCUT2D eigenvalue weighted by atomic mass is 9.84. The van der Waals surface area contributed by atoms with E-state index in [0.29, 0.717) is 29.7 Å². The van der Waals surface area contributed by atoms with Gasteiger partial charge in [-0.1, -0.05) is 56.0 Å². The Balaban J connectivity index is 2.19. The summed E-state index contributed by atoms with van der Waals surface area (Å²) >= 11 is 0. The van der Waals surface area contributed by atoms with Crippen LogP contribution in [-0.4, -0.2) is 5.91 Å². The molecular weight excluding hydrogens is 375 g/mol. The SMILES string of the molecule is C=C1NC=CC=C1/C(=C(/CCc1ccccc1F)C(N)=O)c1cc(CC)ccc1C. The molecule has 1 heterocycles. The highest BCUT2D eigenvalue weighted by molar-refractivity contribution is 6.05. The summed E-state index contributed by atoms with van der Waals surface area (Å²) in [7, 11) is 0. The zero-order chi connectivity index (χ0) is 21.7. The second-order valence-electron chi connectivity index (χ2n) is 7.37. The molecule has 3 nitrogen and oxygen atoms in total. The predicted molar refractivity (Wildman–Crippen MR) is 121 cm³/mol. The monoisotopic (exact) mass is 402 g/mol. The lowest BCUT2D eigenvalue weighted by Gasteiger charge is -2.23. The first-order valence-electron chi connectivity index (χ1n) is 10.1. The van der Waals surface area contributed by atoms with Gasteiger partial charge in [0.15, 0.2) is 0 Å². The van der Waals surface area contributed by atoms with Crippen LogP contribution in [0.2, 0.25) is 0 Å². The third-order valence-corrected chi connectivity index (χ3v) is 5.39. The van der Waals surface area contributed by atoms with E-state index < -0.39 is 5.91 Å². The molecule has 30 heavy (non-hydrogen) atoms. The van der Waals surface area contributed by atoms with E-state index in [1.54, 1.807) is 24.4 Å². The number of nitrogens with two attached hydrogens (primary N) is 1. The molecule has 0 spiro atoms. The Bertz CT molecular complexity index is 1080. The molecule has 154 valence electrons. The summed E-state index contributed by atoms with van der Waals surface area (Å²) in [4.78, 5) is 12.6. The molecule has 1 aliphatic heterocycles. The number of benzene rings is 2. The summed E-state index contributed by atoms with van der Waals surface area (Å²) in [6, 6.07) is 12.9. The van der Waals surface area contributed by atoms with Crippen LogP contribution < -0.4 is 11.1 Å². The van der Waals surface area contributed by atoms with Gasteiger partial charge in [-0.05, 0) is 66.2 Å². The van der Waals surface area contributed by atoms with Gasteiger partial charge in [-0.15, -0.1) is 0 Å². The third-order valence-electron chi connectivity index (χ3n) is 5.39. The van der Waals surface area contributed by atoms with Gasteiger partial charge in [0.05, 0.1) is 0 Å². The molecule has 0 radical (unpaired) electrons. The molecule has 1 aliphatic rings. The van der Waals surface area contributed by atoms with Crippen LogP contribution in [0.25, 0.3) is 5.57 Å². The number of hydrogen-bond acceptors (Lipinski definition) is 2. The van der Waals surface area contributed by atoms with Gasteiger partial charge in [0, 0.05) is 23.0 Å². The van der Waals surface area contributed by atoms with Crippen molar-refractivity contribution < 1.29 is 9.18 Å². The average molecular weight is 403 g/mol. The van der Waals surface area contributed by atoms with E-state index in [9.17, 15) is 9.18 Å². The molecule has 3 rings (SSSR count). The molecule has 0 unspecified atom stereocenters. The van der Waals surface area contributed by atoms with Gasteiger partial charge in [-0.3, -0.25) is 4.79 Å². The van der Waals surface area contributed by atoms with Gasteiger partial charge in [0.25, 0.3) is 0 Å². The van der Waals surface area contributed by atoms with Crippen LogP contribution in [0.5, 0.6) is 0 Å². The summed E-state index contributed by atoms with van der Waals surface area (Å²) in [5, 5.41) is 3.12. The third kappa shape index (κ3) is 4.60. The summed E-state index contributed by atoms with van der Waals surface area (Å²) in [6.07, 6.45) is 7.18. The number of hydrogen-bond donors (Lipinski definition) is 2. The molecule has 0 saturated heterocycles. The van der Waals surface area contributed by atoms with Crippen LogP contribution in [0.4, 0.5) is 4.39 Å². The van der Waals surface area contributed by atoms with Gasteiger partial charge >= 0.3 is 0 Å². The minimum absolute atomic E-state index is 0.280. The van der Waals surface area contributed by atoms with E-state index in [-0.39, 0.29) is 5.82 Å². The normalized spacial score (nSPS) is 14.1. The van der Waals surface area contributed by atoms with Crippen molar-refractivity contribution in [2.24, 2.45) is 5.73 Å². The minimum Gasteiger partial charge on any atom is -0.366 e. The maximum Gasteiger partial charge on any atom is 0.245 e. The average Bonchev–Trinajstić information content (AvgIpc) is 2.73. The fourth-order valence-corrected chi connectivity index (χ4v) is 3.67. The lowest BCUT2D eigenvalue weighted by Crippen LogP contribution is -2.20. The van der Waals surface area contributed by atoms with Crippen molar-refractivity contribution in [3.63, 3.8) is 0 Å². The number of rotatable bonds is 7. The first kappa shape index (κ1) is 21.3. The molecule has 0 fully saturated rings. The van der Waals surface area contributed by atoms with E-state index in [4.69, 9.17) is 5.73 Å². The van der Waals surface area contributed by atoms with Gasteiger partial charge in [0.1, 0.15) is 5.82 Å². The standard InChI is InChI=1S/C26H27FN2O/c1-4-19-12-11-17(2)23(16-19)25(21-9-7-15-29-18(21)3)22(26(28)30)14-13-20-8-5-6-10-24(20)27/h5-12,15-16,29H,3-4,13-14H2,1-2H3,(H2,28,30)/b25-22+. The van der Waals surface area contributed by atoms with Crippen molar-refractivity contribution in [1.82, 2.24) is 5.32 Å². The van der Waals surface area contributed by atoms with Crippen LogP contribution in [-0.2, 0) is 17.6 Å². The minimum atomic E-state index is -0.508. The fraction of sp³-hybridized carbons (Fsp3) is 0.192. The number of allylic oxidation sites excluding steroid dienone is 3. The number of primary amides is 1. The molecule has 1 amide bonds. The predicted octanol–water partition coefficient (Wildman–Crippen LogP) is 5.13. The van der Waals surface area contributed by atoms with Gasteiger partial charge < -0.3 is 11.1 Å². The van der Waals surface area contributed by atoms with Crippen molar-refractivity contribution in [2.75, 3.05) is 0 Å². The largest absolute Gasteiger partial charge is 0.366 e. The molecule has 0 aliphatic carbocycles.